The van der Waals surface area contributed by atoms with Gasteiger partial charge in [-0.25, -0.2) is 0 Å². The maximum atomic E-state index is 11.7. The summed E-state index contributed by atoms with van der Waals surface area (Å²) in [4.78, 5) is 13.2. The van der Waals surface area contributed by atoms with Crippen LogP contribution in [0.3, 0.4) is 0 Å². The SMILES string of the molecule is Cc1c(Cl)c(Cl)nn1[C@H](C)C(=O)N(C)C. The van der Waals surface area contributed by atoms with Crippen LogP contribution >= 0.6 is 23.2 Å². The summed E-state index contributed by atoms with van der Waals surface area (Å²) in [5.41, 5.74) is 0.698. The monoisotopic (exact) mass is 249 g/mol. The predicted molar refractivity (Wildman–Crippen MR) is 60.4 cm³/mol. The summed E-state index contributed by atoms with van der Waals surface area (Å²) in [6, 6.07) is -0.398. The molecule has 6 heteroatoms. The first kappa shape index (κ1) is 12.3. The maximum absolute atomic E-state index is 11.7. The molecule has 1 rings (SSSR count). The number of likely N-dealkylation sites (N-methyl/N-ethyl adjacent to an activating group) is 1. The second-order valence-electron chi connectivity index (χ2n) is 3.54. The number of aromatic nitrogens is 2. The van der Waals surface area contributed by atoms with Gasteiger partial charge < -0.3 is 4.90 Å². The molecule has 1 heterocycles. The van der Waals surface area contributed by atoms with Gasteiger partial charge in [0.15, 0.2) is 5.15 Å². The zero-order valence-electron chi connectivity index (χ0n) is 9.08. The lowest BCUT2D eigenvalue weighted by atomic mass is 10.3. The van der Waals surface area contributed by atoms with Gasteiger partial charge in [0, 0.05) is 14.1 Å². The number of carbonyl (C=O) groups is 1. The lowest BCUT2D eigenvalue weighted by Gasteiger charge is -2.18. The van der Waals surface area contributed by atoms with E-state index in [9.17, 15) is 4.79 Å². The number of hydrogen-bond acceptors (Lipinski definition) is 2. The highest BCUT2D eigenvalue weighted by molar-refractivity contribution is 6.41. The van der Waals surface area contributed by atoms with Crippen molar-refractivity contribution in [3.8, 4) is 0 Å². The second kappa shape index (κ2) is 4.41. The highest BCUT2D eigenvalue weighted by Gasteiger charge is 2.22. The number of halogens is 2. The third-order valence-corrected chi connectivity index (χ3v) is 3.02. The highest BCUT2D eigenvalue weighted by atomic mass is 35.5. The van der Waals surface area contributed by atoms with Crippen molar-refractivity contribution < 1.29 is 4.79 Å². The van der Waals surface area contributed by atoms with Crippen molar-refractivity contribution in [2.24, 2.45) is 0 Å². The normalized spacial score (nSPS) is 12.7. The molecule has 0 aliphatic carbocycles. The largest absolute Gasteiger partial charge is 0.347 e. The predicted octanol–water partition coefficient (Wildman–Crippen LogP) is 2.15. The van der Waals surface area contributed by atoms with Crippen LogP contribution in [0.25, 0.3) is 0 Å². The van der Waals surface area contributed by atoms with Gasteiger partial charge in [-0.3, -0.25) is 9.48 Å². The molecule has 0 radical (unpaired) electrons. The van der Waals surface area contributed by atoms with Crippen LogP contribution in [-0.4, -0.2) is 34.7 Å². The molecule has 1 atom stereocenters. The van der Waals surface area contributed by atoms with Gasteiger partial charge in [-0.05, 0) is 13.8 Å². The molecule has 0 aromatic carbocycles. The standard InChI is InChI=1S/C9H13Cl2N3O/c1-5-7(10)8(11)12-14(5)6(2)9(15)13(3)4/h6H,1-4H3/t6-/m1/s1. The smallest absolute Gasteiger partial charge is 0.246 e. The number of amides is 1. The van der Waals surface area contributed by atoms with Crippen molar-refractivity contribution in [3.63, 3.8) is 0 Å². The average molecular weight is 250 g/mol. The van der Waals surface area contributed by atoms with E-state index in [2.05, 4.69) is 5.10 Å². The molecule has 0 bridgehead atoms. The molecule has 0 aliphatic rings. The number of hydrogen-bond donors (Lipinski definition) is 0. The number of carbonyl (C=O) groups excluding carboxylic acids is 1. The Morgan fingerprint density at radius 2 is 2.00 bits per heavy atom. The van der Waals surface area contributed by atoms with Gasteiger partial charge in [-0.2, -0.15) is 5.10 Å². The van der Waals surface area contributed by atoms with Crippen molar-refractivity contribution in [3.05, 3.63) is 15.9 Å². The Kier molecular flexibility index (Phi) is 3.62. The van der Waals surface area contributed by atoms with E-state index >= 15 is 0 Å². The molecular formula is C9H13Cl2N3O. The van der Waals surface area contributed by atoms with Crippen LogP contribution < -0.4 is 0 Å². The Morgan fingerprint density at radius 1 is 1.47 bits per heavy atom. The highest BCUT2D eigenvalue weighted by Crippen LogP contribution is 2.26. The Bertz CT molecular complexity index is 387. The van der Waals surface area contributed by atoms with Gasteiger partial charge in [-0.1, -0.05) is 23.2 Å². The molecule has 0 saturated carbocycles. The Labute approximate surface area is 98.8 Å². The summed E-state index contributed by atoms with van der Waals surface area (Å²) in [5.74, 6) is -0.0473. The van der Waals surface area contributed by atoms with Crippen molar-refractivity contribution in [1.29, 1.82) is 0 Å². The fourth-order valence-electron chi connectivity index (χ4n) is 1.32. The first-order chi connectivity index (χ1) is 6.86. The summed E-state index contributed by atoms with van der Waals surface area (Å²) in [6.45, 7) is 3.54. The van der Waals surface area contributed by atoms with Crippen LogP contribution in [0.15, 0.2) is 0 Å². The molecule has 1 amide bonds. The fourth-order valence-corrected chi connectivity index (χ4v) is 1.66. The van der Waals surface area contributed by atoms with E-state index in [0.717, 1.165) is 0 Å². The van der Waals surface area contributed by atoms with Crippen LogP contribution in [0.5, 0.6) is 0 Å². The minimum Gasteiger partial charge on any atom is -0.347 e. The second-order valence-corrected chi connectivity index (χ2v) is 4.28. The lowest BCUT2D eigenvalue weighted by Crippen LogP contribution is -2.30. The van der Waals surface area contributed by atoms with Crippen LogP contribution in [0.2, 0.25) is 10.2 Å². The fraction of sp³-hybridized carbons (Fsp3) is 0.556. The summed E-state index contributed by atoms with van der Waals surface area (Å²) in [5, 5.41) is 4.64. The van der Waals surface area contributed by atoms with Crippen LogP contribution in [0.4, 0.5) is 0 Å². The average Bonchev–Trinajstić information content (AvgIpc) is 2.43. The van der Waals surface area contributed by atoms with E-state index in [1.54, 1.807) is 27.9 Å². The molecule has 0 saturated heterocycles. The number of nitrogens with zero attached hydrogens (tertiary/aromatic N) is 3. The van der Waals surface area contributed by atoms with E-state index in [1.165, 1.54) is 9.58 Å². The zero-order valence-corrected chi connectivity index (χ0v) is 10.6. The molecule has 1 aromatic rings. The molecule has 15 heavy (non-hydrogen) atoms. The molecule has 0 spiro atoms. The van der Waals surface area contributed by atoms with E-state index in [1.807, 2.05) is 0 Å². The molecule has 1 aromatic heterocycles. The van der Waals surface area contributed by atoms with Crippen molar-refractivity contribution in [2.75, 3.05) is 14.1 Å². The van der Waals surface area contributed by atoms with Crippen molar-refractivity contribution in [1.82, 2.24) is 14.7 Å². The lowest BCUT2D eigenvalue weighted by molar-refractivity contribution is -0.132. The summed E-state index contributed by atoms with van der Waals surface area (Å²) >= 11 is 11.7. The first-order valence-electron chi connectivity index (χ1n) is 4.47. The van der Waals surface area contributed by atoms with Gasteiger partial charge >= 0.3 is 0 Å². The molecule has 0 aliphatic heterocycles. The minimum atomic E-state index is -0.398. The Hall–Kier alpha value is -0.740. The van der Waals surface area contributed by atoms with Crippen molar-refractivity contribution in [2.45, 2.75) is 19.9 Å². The van der Waals surface area contributed by atoms with E-state index in [-0.39, 0.29) is 11.1 Å². The maximum Gasteiger partial charge on any atom is 0.246 e. The van der Waals surface area contributed by atoms with E-state index < -0.39 is 6.04 Å². The van der Waals surface area contributed by atoms with E-state index in [0.29, 0.717) is 10.7 Å². The Balaban J connectivity index is 3.06. The molecule has 4 nitrogen and oxygen atoms in total. The molecule has 84 valence electrons. The number of rotatable bonds is 2. The minimum absolute atomic E-state index is 0.0473. The van der Waals surface area contributed by atoms with Gasteiger partial charge in [0.25, 0.3) is 0 Å². The molecule has 0 unspecified atom stereocenters. The van der Waals surface area contributed by atoms with Crippen LogP contribution in [0, 0.1) is 6.92 Å². The topological polar surface area (TPSA) is 38.1 Å². The van der Waals surface area contributed by atoms with Gasteiger partial charge in [0.05, 0.1) is 5.69 Å². The van der Waals surface area contributed by atoms with Gasteiger partial charge in [0.1, 0.15) is 11.1 Å². The molecule has 0 N–H and O–H groups in total. The van der Waals surface area contributed by atoms with E-state index in [4.69, 9.17) is 23.2 Å². The third-order valence-electron chi connectivity index (χ3n) is 2.20. The van der Waals surface area contributed by atoms with Gasteiger partial charge in [0.2, 0.25) is 5.91 Å². The quantitative estimate of drug-likeness (QED) is 0.806. The third kappa shape index (κ3) is 2.26. The molecule has 0 fully saturated rings. The van der Waals surface area contributed by atoms with Crippen molar-refractivity contribution >= 4 is 29.1 Å². The molecular weight excluding hydrogens is 237 g/mol. The summed E-state index contributed by atoms with van der Waals surface area (Å²) in [6.07, 6.45) is 0. The van der Waals surface area contributed by atoms with Crippen LogP contribution in [0.1, 0.15) is 18.7 Å². The first-order valence-corrected chi connectivity index (χ1v) is 5.23. The summed E-state index contributed by atoms with van der Waals surface area (Å²) in [7, 11) is 3.39. The summed E-state index contributed by atoms with van der Waals surface area (Å²) < 4.78 is 1.53. The van der Waals surface area contributed by atoms with Gasteiger partial charge in [-0.15, -0.1) is 0 Å². The Morgan fingerprint density at radius 3 is 2.33 bits per heavy atom. The zero-order chi connectivity index (χ0) is 11.7. The van der Waals surface area contributed by atoms with Crippen LogP contribution in [-0.2, 0) is 4.79 Å².